The first-order valence-corrected chi connectivity index (χ1v) is 7.85. The van der Waals surface area contributed by atoms with E-state index < -0.39 is 0 Å². The number of nitrogens with one attached hydrogen (secondary N) is 1. The minimum atomic E-state index is -0.0816. The molecule has 24 heavy (non-hydrogen) atoms. The molecule has 3 heterocycles. The minimum Gasteiger partial charge on any atom is -0.361 e. The monoisotopic (exact) mass is 328 g/mol. The second kappa shape index (κ2) is 7.27. The van der Waals surface area contributed by atoms with E-state index in [0.29, 0.717) is 18.0 Å². The molecule has 8 heteroatoms. The van der Waals surface area contributed by atoms with Gasteiger partial charge in [-0.2, -0.15) is 0 Å². The number of likely N-dealkylation sites (tertiary alicyclic amines) is 1. The lowest BCUT2D eigenvalue weighted by atomic mass is 10.1. The van der Waals surface area contributed by atoms with Crippen molar-refractivity contribution in [2.75, 3.05) is 19.6 Å². The summed E-state index contributed by atoms with van der Waals surface area (Å²) in [7, 11) is 0. The van der Waals surface area contributed by atoms with Crippen molar-refractivity contribution in [2.45, 2.75) is 32.4 Å². The standard InChI is InChI=1S/C16H20N6O2/c1-3-4-6-21-10-14(15(11-21)22-7-5-17-20-22)18-16(23)9-13-8-12(2)24-19-13/h5,7-8,14-15H,6,9-11H2,1-2H3,(H,18,23)/t14-,15+/m1/s1. The van der Waals surface area contributed by atoms with Crippen LogP contribution in [0.2, 0.25) is 0 Å². The van der Waals surface area contributed by atoms with E-state index in [2.05, 4.69) is 37.5 Å². The fraction of sp³-hybridized carbons (Fsp3) is 0.500. The molecule has 2 aromatic rings. The largest absolute Gasteiger partial charge is 0.361 e. The summed E-state index contributed by atoms with van der Waals surface area (Å²) in [6.07, 6.45) is 3.66. The number of amides is 1. The highest BCUT2D eigenvalue weighted by Gasteiger charge is 2.35. The molecule has 1 fully saturated rings. The first-order valence-electron chi connectivity index (χ1n) is 7.85. The summed E-state index contributed by atoms with van der Waals surface area (Å²) in [5, 5.41) is 14.9. The average molecular weight is 328 g/mol. The Hall–Kier alpha value is -2.66. The molecular formula is C16H20N6O2. The summed E-state index contributed by atoms with van der Waals surface area (Å²) in [6.45, 7) is 5.80. The van der Waals surface area contributed by atoms with Crippen LogP contribution in [0.3, 0.4) is 0 Å². The van der Waals surface area contributed by atoms with E-state index >= 15 is 0 Å². The molecule has 2 atom stereocenters. The topological polar surface area (TPSA) is 89.1 Å². The van der Waals surface area contributed by atoms with Gasteiger partial charge in [-0.15, -0.1) is 11.0 Å². The lowest BCUT2D eigenvalue weighted by Crippen LogP contribution is -2.42. The summed E-state index contributed by atoms with van der Waals surface area (Å²) in [5.74, 6) is 6.59. The maximum atomic E-state index is 12.3. The van der Waals surface area contributed by atoms with E-state index in [4.69, 9.17) is 4.52 Å². The Labute approximate surface area is 140 Å². The Morgan fingerprint density at radius 3 is 3.04 bits per heavy atom. The van der Waals surface area contributed by atoms with Gasteiger partial charge in [0, 0.05) is 25.4 Å². The number of hydrogen-bond acceptors (Lipinski definition) is 6. The second-order valence-corrected chi connectivity index (χ2v) is 5.85. The number of carbonyl (C=O) groups excluding carboxylic acids is 1. The second-order valence-electron chi connectivity index (χ2n) is 5.85. The number of nitrogens with zero attached hydrogens (tertiary/aromatic N) is 5. The molecule has 8 nitrogen and oxygen atoms in total. The van der Waals surface area contributed by atoms with Gasteiger partial charge in [-0.25, -0.2) is 4.68 Å². The van der Waals surface area contributed by atoms with Crippen LogP contribution >= 0.6 is 0 Å². The number of carbonyl (C=O) groups is 1. The van der Waals surface area contributed by atoms with Gasteiger partial charge in [-0.3, -0.25) is 9.69 Å². The molecule has 0 spiro atoms. The van der Waals surface area contributed by atoms with Crippen LogP contribution in [0.1, 0.15) is 24.4 Å². The van der Waals surface area contributed by atoms with Crippen molar-refractivity contribution in [1.82, 2.24) is 30.4 Å². The van der Waals surface area contributed by atoms with Crippen LogP contribution in [0, 0.1) is 18.8 Å². The van der Waals surface area contributed by atoms with Crippen LogP contribution < -0.4 is 5.32 Å². The highest BCUT2D eigenvalue weighted by atomic mass is 16.5. The highest BCUT2D eigenvalue weighted by molar-refractivity contribution is 5.78. The Bertz CT molecular complexity index is 742. The number of aryl methyl sites for hydroxylation is 1. The lowest BCUT2D eigenvalue weighted by Gasteiger charge is -2.19. The van der Waals surface area contributed by atoms with Gasteiger partial charge in [-0.05, 0) is 13.8 Å². The normalized spacial score (nSPS) is 20.6. The first kappa shape index (κ1) is 16.2. The van der Waals surface area contributed by atoms with E-state index in [1.165, 1.54) is 0 Å². The summed E-state index contributed by atoms with van der Waals surface area (Å²) >= 11 is 0. The molecule has 0 aromatic carbocycles. The van der Waals surface area contributed by atoms with Crippen LogP contribution in [-0.4, -0.2) is 56.6 Å². The molecule has 1 amide bonds. The molecule has 2 aromatic heterocycles. The zero-order valence-corrected chi connectivity index (χ0v) is 13.8. The van der Waals surface area contributed by atoms with Crippen LogP contribution in [0.25, 0.3) is 0 Å². The van der Waals surface area contributed by atoms with E-state index in [-0.39, 0.29) is 24.4 Å². The van der Waals surface area contributed by atoms with Gasteiger partial charge in [0.1, 0.15) is 5.76 Å². The maximum Gasteiger partial charge on any atom is 0.226 e. The molecule has 1 N–H and O–H groups in total. The van der Waals surface area contributed by atoms with Crippen molar-refractivity contribution in [3.05, 3.63) is 29.9 Å². The third-order valence-corrected chi connectivity index (χ3v) is 3.99. The quantitative estimate of drug-likeness (QED) is 0.788. The van der Waals surface area contributed by atoms with E-state index in [9.17, 15) is 4.79 Å². The lowest BCUT2D eigenvalue weighted by molar-refractivity contribution is -0.121. The molecule has 0 bridgehead atoms. The van der Waals surface area contributed by atoms with Gasteiger partial charge < -0.3 is 9.84 Å². The molecule has 1 aliphatic rings. The van der Waals surface area contributed by atoms with E-state index in [0.717, 1.165) is 13.1 Å². The zero-order valence-electron chi connectivity index (χ0n) is 13.8. The predicted molar refractivity (Wildman–Crippen MR) is 85.8 cm³/mol. The molecule has 126 valence electrons. The van der Waals surface area contributed by atoms with Crippen LogP contribution in [0.5, 0.6) is 0 Å². The van der Waals surface area contributed by atoms with Gasteiger partial charge in [0.05, 0.1) is 36.9 Å². The van der Waals surface area contributed by atoms with Gasteiger partial charge >= 0.3 is 0 Å². The van der Waals surface area contributed by atoms with E-state index in [1.54, 1.807) is 23.9 Å². The molecule has 0 saturated carbocycles. The number of aromatic nitrogens is 4. The van der Waals surface area contributed by atoms with Crippen molar-refractivity contribution < 1.29 is 9.32 Å². The molecule has 3 rings (SSSR count). The maximum absolute atomic E-state index is 12.3. The number of rotatable bonds is 5. The van der Waals surface area contributed by atoms with E-state index in [1.807, 2.05) is 13.1 Å². The van der Waals surface area contributed by atoms with Crippen molar-refractivity contribution >= 4 is 5.91 Å². The Morgan fingerprint density at radius 1 is 1.50 bits per heavy atom. The minimum absolute atomic E-state index is 0.0363. The summed E-state index contributed by atoms with van der Waals surface area (Å²) in [4.78, 5) is 14.5. The van der Waals surface area contributed by atoms with Crippen molar-refractivity contribution in [2.24, 2.45) is 0 Å². The molecule has 0 aliphatic carbocycles. The van der Waals surface area contributed by atoms with Crippen molar-refractivity contribution in [1.29, 1.82) is 0 Å². The van der Waals surface area contributed by atoms with Gasteiger partial charge in [0.2, 0.25) is 5.91 Å². The SMILES string of the molecule is CC#CCN1C[C@@H](NC(=O)Cc2cc(C)on2)[C@@H](n2ccnn2)C1. The Kier molecular flexibility index (Phi) is 4.91. The Balaban J connectivity index is 1.66. The molecule has 0 unspecified atom stereocenters. The van der Waals surface area contributed by atoms with Crippen molar-refractivity contribution in [3.63, 3.8) is 0 Å². The smallest absolute Gasteiger partial charge is 0.226 e. The zero-order chi connectivity index (χ0) is 16.9. The van der Waals surface area contributed by atoms with Gasteiger partial charge in [0.15, 0.2) is 0 Å². The number of hydrogen-bond donors (Lipinski definition) is 1. The third kappa shape index (κ3) is 3.81. The predicted octanol–water partition coefficient (Wildman–Crippen LogP) is 0.182. The first-order chi connectivity index (χ1) is 11.7. The molecular weight excluding hydrogens is 308 g/mol. The third-order valence-electron chi connectivity index (χ3n) is 3.99. The van der Waals surface area contributed by atoms with Gasteiger partial charge in [-0.1, -0.05) is 16.3 Å². The Morgan fingerprint density at radius 2 is 2.38 bits per heavy atom. The van der Waals surface area contributed by atoms with Crippen molar-refractivity contribution in [3.8, 4) is 11.8 Å². The van der Waals surface area contributed by atoms with Crippen LogP contribution in [0.15, 0.2) is 23.0 Å². The van der Waals surface area contributed by atoms with Crippen LogP contribution in [-0.2, 0) is 11.2 Å². The molecule has 1 aliphatic heterocycles. The molecule has 1 saturated heterocycles. The highest BCUT2D eigenvalue weighted by Crippen LogP contribution is 2.21. The fourth-order valence-electron chi connectivity index (χ4n) is 2.91. The van der Waals surface area contributed by atoms with Gasteiger partial charge in [0.25, 0.3) is 0 Å². The average Bonchev–Trinajstić information content (AvgIpc) is 3.26. The fourth-order valence-corrected chi connectivity index (χ4v) is 2.91. The summed E-state index contributed by atoms with van der Waals surface area (Å²) in [6, 6.07) is 1.76. The summed E-state index contributed by atoms with van der Waals surface area (Å²) in [5.41, 5.74) is 0.633. The summed E-state index contributed by atoms with van der Waals surface area (Å²) < 4.78 is 6.80. The van der Waals surface area contributed by atoms with Crippen LogP contribution in [0.4, 0.5) is 0 Å². The molecule has 0 radical (unpaired) electrons.